The van der Waals surface area contributed by atoms with Crippen molar-refractivity contribution in [1.29, 1.82) is 0 Å². The van der Waals surface area contributed by atoms with Crippen LogP contribution in [0.25, 0.3) is 0 Å². The molecule has 5 nitrogen and oxygen atoms in total. The number of sulfonamides is 1. The molecule has 3 atom stereocenters. The first-order chi connectivity index (χ1) is 10.5. The van der Waals surface area contributed by atoms with Gasteiger partial charge >= 0.3 is 0 Å². The Hall–Kier alpha value is -0.270. The second-order valence-electron chi connectivity index (χ2n) is 6.82. The Morgan fingerprint density at radius 2 is 1.95 bits per heavy atom. The van der Waals surface area contributed by atoms with Gasteiger partial charge in [0.1, 0.15) is 0 Å². The maximum absolute atomic E-state index is 12.2. The fraction of sp³-hybridized carbons (Fsp3) is 0.933. The summed E-state index contributed by atoms with van der Waals surface area (Å²) < 4.78 is 25.9. The summed E-state index contributed by atoms with van der Waals surface area (Å²) in [7, 11) is -3.21. The summed E-state index contributed by atoms with van der Waals surface area (Å²) in [5.41, 5.74) is 0. The molecule has 22 heavy (non-hydrogen) atoms. The topological polar surface area (TPSA) is 66.5 Å². The molecule has 1 N–H and O–H groups in total. The third-order valence-corrected chi connectivity index (χ3v) is 8.19. The van der Waals surface area contributed by atoms with Crippen LogP contribution in [0.2, 0.25) is 0 Å². The smallest absolute Gasteiger partial charge is 0.220 e. The van der Waals surface area contributed by atoms with Crippen molar-refractivity contribution in [2.24, 2.45) is 17.8 Å². The molecule has 1 amide bonds. The van der Waals surface area contributed by atoms with E-state index >= 15 is 0 Å². The van der Waals surface area contributed by atoms with Gasteiger partial charge in [0.05, 0.1) is 5.75 Å². The Kier molecular flexibility index (Phi) is 5.35. The van der Waals surface area contributed by atoms with E-state index in [1.54, 1.807) is 16.1 Å². The summed E-state index contributed by atoms with van der Waals surface area (Å²) in [6.07, 6.45) is 5.71. The van der Waals surface area contributed by atoms with E-state index in [0.717, 1.165) is 23.3 Å². The minimum absolute atomic E-state index is 0.0279. The number of carbonyl (C=O) groups excluding carboxylic acids is 1. The molecule has 0 spiro atoms. The van der Waals surface area contributed by atoms with Crippen LogP contribution in [0.15, 0.2) is 0 Å². The van der Waals surface area contributed by atoms with Gasteiger partial charge < -0.3 is 5.32 Å². The number of nitrogens with zero attached hydrogens (tertiary/aromatic N) is 1. The van der Waals surface area contributed by atoms with Crippen LogP contribution < -0.4 is 5.32 Å². The van der Waals surface area contributed by atoms with E-state index in [-0.39, 0.29) is 18.2 Å². The molecule has 1 heterocycles. The first-order valence-electron chi connectivity index (χ1n) is 8.37. The molecule has 2 saturated carbocycles. The zero-order valence-electron chi connectivity index (χ0n) is 13.0. The van der Waals surface area contributed by atoms with Crippen LogP contribution in [0.4, 0.5) is 0 Å². The molecule has 1 aliphatic heterocycles. The number of fused-ring (bicyclic) bond motifs is 2. The molecule has 3 aliphatic rings. The Balaban J connectivity index is 1.38. The summed E-state index contributed by atoms with van der Waals surface area (Å²) in [5.74, 6) is 3.92. The Labute approximate surface area is 137 Å². The van der Waals surface area contributed by atoms with Gasteiger partial charge in [-0.3, -0.25) is 4.79 Å². The van der Waals surface area contributed by atoms with E-state index in [1.807, 2.05) is 0 Å². The molecule has 3 rings (SSSR count). The van der Waals surface area contributed by atoms with Gasteiger partial charge in [0.25, 0.3) is 0 Å². The molecule has 0 aromatic heterocycles. The summed E-state index contributed by atoms with van der Waals surface area (Å²) in [6.45, 7) is 1.45. The maximum Gasteiger partial charge on any atom is 0.220 e. The van der Waals surface area contributed by atoms with Gasteiger partial charge in [-0.2, -0.15) is 11.8 Å². The number of amides is 1. The third-order valence-electron chi connectivity index (χ3n) is 5.38. The van der Waals surface area contributed by atoms with E-state index in [2.05, 4.69) is 5.32 Å². The minimum atomic E-state index is -3.21. The lowest BCUT2D eigenvalue weighted by molar-refractivity contribution is -0.122. The SMILES string of the molecule is O=C(C[C@H]1C[C@H]2CC[C@H]1C2)NCCS(=O)(=O)N1CCSCC1. The lowest BCUT2D eigenvalue weighted by Crippen LogP contribution is -2.42. The first kappa shape index (κ1) is 16.6. The van der Waals surface area contributed by atoms with Gasteiger partial charge in [0, 0.05) is 37.6 Å². The van der Waals surface area contributed by atoms with Crippen molar-refractivity contribution >= 4 is 27.7 Å². The van der Waals surface area contributed by atoms with Gasteiger partial charge in [0.15, 0.2) is 0 Å². The second-order valence-corrected chi connectivity index (χ2v) is 10.1. The molecule has 1 saturated heterocycles. The highest BCUT2D eigenvalue weighted by Gasteiger charge is 2.40. The summed E-state index contributed by atoms with van der Waals surface area (Å²) in [6, 6.07) is 0. The van der Waals surface area contributed by atoms with Crippen molar-refractivity contribution in [3.05, 3.63) is 0 Å². The maximum atomic E-state index is 12.2. The number of rotatable bonds is 6. The summed E-state index contributed by atoms with van der Waals surface area (Å²) >= 11 is 1.79. The van der Waals surface area contributed by atoms with Crippen LogP contribution in [0.3, 0.4) is 0 Å². The molecule has 3 fully saturated rings. The minimum Gasteiger partial charge on any atom is -0.355 e. The van der Waals surface area contributed by atoms with Crippen molar-refractivity contribution in [2.45, 2.75) is 32.1 Å². The molecule has 0 radical (unpaired) electrons. The van der Waals surface area contributed by atoms with Gasteiger partial charge in [-0.1, -0.05) is 6.42 Å². The monoisotopic (exact) mass is 346 g/mol. The molecule has 126 valence electrons. The van der Waals surface area contributed by atoms with Crippen molar-refractivity contribution in [2.75, 3.05) is 36.9 Å². The summed E-state index contributed by atoms with van der Waals surface area (Å²) in [5, 5.41) is 2.81. The Morgan fingerprint density at radius 1 is 1.18 bits per heavy atom. The Morgan fingerprint density at radius 3 is 2.59 bits per heavy atom. The summed E-state index contributed by atoms with van der Waals surface area (Å²) in [4.78, 5) is 12.0. The van der Waals surface area contributed by atoms with E-state index in [0.29, 0.717) is 25.4 Å². The van der Waals surface area contributed by atoms with Crippen LogP contribution in [-0.4, -0.2) is 55.5 Å². The molecular weight excluding hydrogens is 320 g/mol. The molecule has 0 aromatic rings. The van der Waals surface area contributed by atoms with Crippen LogP contribution in [0, 0.1) is 17.8 Å². The van der Waals surface area contributed by atoms with Crippen molar-refractivity contribution in [1.82, 2.24) is 9.62 Å². The third kappa shape index (κ3) is 3.97. The van der Waals surface area contributed by atoms with E-state index < -0.39 is 10.0 Å². The molecule has 0 aromatic carbocycles. The normalized spacial score (nSPS) is 32.3. The number of hydrogen-bond acceptors (Lipinski definition) is 4. The van der Waals surface area contributed by atoms with E-state index in [1.165, 1.54) is 25.7 Å². The van der Waals surface area contributed by atoms with Crippen LogP contribution in [0.1, 0.15) is 32.1 Å². The Bertz CT molecular complexity index is 503. The first-order valence-corrected chi connectivity index (χ1v) is 11.1. The van der Waals surface area contributed by atoms with Gasteiger partial charge in [0.2, 0.25) is 15.9 Å². The predicted octanol–water partition coefficient (Wildman–Crippen LogP) is 1.31. The second kappa shape index (κ2) is 7.09. The average molecular weight is 347 g/mol. The molecule has 7 heteroatoms. The van der Waals surface area contributed by atoms with E-state index in [9.17, 15) is 13.2 Å². The fourth-order valence-corrected chi connectivity index (χ4v) is 6.70. The number of hydrogen-bond donors (Lipinski definition) is 1. The average Bonchev–Trinajstić information content (AvgIpc) is 3.10. The molecule has 2 aliphatic carbocycles. The number of thioether (sulfide) groups is 1. The quantitative estimate of drug-likeness (QED) is 0.787. The van der Waals surface area contributed by atoms with Gasteiger partial charge in [-0.05, 0) is 37.0 Å². The van der Waals surface area contributed by atoms with Crippen molar-refractivity contribution in [3.63, 3.8) is 0 Å². The number of nitrogens with one attached hydrogen (secondary N) is 1. The van der Waals surface area contributed by atoms with Crippen LogP contribution in [0.5, 0.6) is 0 Å². The predicted molar refractivity (Wildman–Crippen MR) is 89.2 cm³/mol. The van der Waals surface area contributed by atoms with Crippen molar-refractivity contribution < 1.29 is 13.2 Å². The molecule has 2 bridgehead atoms. The molecular formula is C15H26N2O3S2. The lowest BCUT2D eigenvalue weighted by Gasteiger charge is -2.25. The lowest BCUT2D eigenvalue weighted by atomic mass is 9.86. The van der Waals surface area contributed by atoms with E-state index in [4.69, 9.17) is 0 Å². The van der Waals surface area contributed by atoms with Crippen LogP contribution >= 0.6 is 11.8 Å². The standard InChI is InChI=1S/C15H26N2O3S2/c18-15(11-14-10-12-1-2-13(14)9-12)16-3-8-22(19,20)17-4-6-21-7-5-17/h12-14H,1-11H2,(H,16,18)/t12-,13-,14+/m0/s1. The highest BCUT2D eigenvalue weighted by atomic mass is 32.2. The van der Waals surface area contributed by atoms with Gasteiger partial charge in [-0.25, -0.2) is 12.7 Å². The van der Waals surface area contributed by atoms with Crippen LogP contribution in [-0.2, 0) is 14.8 Å². The fourth-order valence-electron chi connectivity index (χ4n) is 4.21. The molecule has 0 unspecified atom stereocenters. The van der Waals surface area contributed by atoms with Crippen molar-refractivity contribution in [3.8, 4) is 0 Å². The zero-order valence-corrected chi connectivity index (χ0v) is 14.6. The van der Waals surface area contributed by atoms with Gasteiger partial charge in [-0.15, -0.1) is 0 Å². The number of carbonyl (C=O) groups is 1. The largest absolute Gasteiger partial charge is 0.355 e. The highest BCUT2D eigenvalue weighted by Crippen LogP contribution is 2.49. The highest BCUT2D eigenvalue weighted by molar-refractivity contribution is 7.99. The zero-order chi connectivity index (χ0) is 15.6.